The van der Waals surface area contributed by atoms with Crippen molar-refractivity contribution in [1.29, 1.82) is 0 Å². The summed E-state index contributed by atoms with van der Waals surface area (Å²) >= 11 is 5.59. The van der Waals surface area contributed by atoms with Crippen LogP contribution in [0.4, 0.5) is 19.0 Å². The number of rotatable bonds is 4. The van der Waals surface area contributed by atoms with Crippen molar-refractivity contribution in [2.75, 3.05) is 18.6 Å². The number of aromatic hydroxyl groups is 2. The number of hydrogen-bond acceptors (Lipinski definition) is 6. The molecule has 0 spiro atoms. The van der Waals surface area contributed by atoms with E-state index in [1.807, 2.05) is 0 Å². The first-order valence-corrected chi connectivity index (χ1v) is 8.51. The average Bonchev–Trinajstić information content (AvgIpc) is 3.11. The van der Waals surface area contributed by atoms with E-state index in [0.717, 1.165) is 16.8 Å². The van der Waals surface area contributed by atoms with Crippen LogP contribution >= 0.6 is 11.6 Å². The maximum Gasteiger partial charge on any atom is 0.419 e. The van der Waals surface area contributed by atoms with Crippen molar-refractivity contribution in [3.8, 4) is 11.8 Å². The van der Waals surface area contributed by atoms with E-state index in [9.17, 15) is 23.4 Å². The number of aromatic nitrogens is 2. The third-order valence-electron chi connectivity index (χ3n) is 4.20. The first-order valence-electron chi connectivity index (χ1n) is 8.13. The highest BCUT2D eigenvalue weighted by Gasteiger charge is 2.34. The Hall–Kier alpha value is -2.43. The minimum atomic E-state index is -4.64. The molecule has 3 rings (SSSR count). The van der Waals surface area contributed by atoms with Crippen LogP contribution in [-0.2, 0) is 15.7 Å². The second-order valence-electron chi connectivity index (χ2n) is 6.21. The van der Waals surface area contributed by atoms with Crippen molar-refractivity contribution in [2.24, 2.45) is 0 Å². The van der Waals surface area contributed by atoms with Crippen molar-refractivity contribution >= 4 is 23.5 Å². The van der Waals surface area contributed by atoms with Gasteiger partial charge in [-0.1, -0.05) is 11.6 Å². The predicted octanol–water partition coefficient (Wildman–Crippen LogP) is 3.93. The third kappa shape index (κ3) is 3.89. The molecule has 1 aliphatic heterocycles. The molecule has 152 valence electrons. The first-order chi connectivity index (χ1) is 13.0. The van der Waals surface area contributed by atoms with E-state index in [2.05, 4.69) is 10.4 Å². The summed E-state index contributed by atoms with van der Waals surface area (Å²) in [6.07, 6.45) is -1.55. The molecule has 0 amide bonds. The summed E-state index contributed by atoms with van der Waals surface area (Å²) in [5.41, 5.74) is 2.01. The van der Waals surface area contributed by atoms with Gasteiger partial charge in [0.25, 0.3) is 0 Å². The van der Waals surface area contributed by atoms with Gasteiger partial charge in [0.15, 0.2) is 5.79 Å². The lowest BCUT2D eigenvalue weighted by molar-refractivity contribution is -0.137. The van der Waals surface area contributed by atoms with Crippen molar-refractivity contribution in [1.82, 2.24) is 9.66 Å². The highest BCUT2D eigenvalue weighted by atomic mass is 35.5. The van der Waals surface area contributed by atoms with E-state index in [1.165, 1.54) is 6.08 Å². The fraction of sp³-hybridized carbons (Fsp3) is 0.353. The second kappa shape index (κ2) is 7.19. The van der Waals surface area contributed by atoms with Crippen LogP contribution in [0.1, 0.15) is 23.6 Å². The Bertz CT molecular complexity index is 921. The van der Waals surface area contributed by atoms with Gasteiger partial charge in [-0.15, -0.1) is 0 Å². The van der Waals surface area contributed by atoms with Crippen molar-refractivity contribution in [3.05, 3.63) is 40.1 Å². The van der Waals surface area contributed by atoms with E-state index < -0.39 is 22.7 Å². The Morgan fingerprint density at radius 3 is 2.46 bits per heavy atom. The molecule has 7 nitrogen and oxygen atoms in total. The van der Waals surface area contributed by atoms with E-state index >= 15 is 0 Å². The van der Waals surface area contributed by atoms with Crippen LogP contribution in [0, 0.1) is 6.92 Å². The van der Waals surface area contributed by atoms with Gasteiger partial charge in [0.05, 0.1) is 18.8 Å². The summed E-state index contributed by atoms with van der Waals surface area (Å²) in [5.74, 6) is -1.80. The van der Waals surface area contributed by atoms with Crippen LogP contribution in [0.2, 0.25) is 5.15 Å². The smallest absolute Gasteiger partial charge is 0.419 e. The van der Waals surface area contributed by atoms with Crippen LogP contribution in [-0.4, -0.2) is 38.9 Å². The number of pyridine rings is 1. The fourth-order valence-electron chi connectivity index (χ4n) is 2.67. The van der Waals surface area contributed by atoms with Gasteiger partial charge in [0.2, 0.25) is 11.8 Å². The molecule has 1 saturated heterocycles. The summed E-state index contributed by atoms with van der Waals surface area (Å²) in [6, 6.07) is 1.78. The normalized spacial score (nSPS) is 16.8. The molecular weight excluding hydrogens is 403 g/mol. The summed E-state index contributed by atoms with van der Waals surface area (Å²) in [7, 11) is 0. The zero-order valence-electron chi connectivity index (χ0n) is 14.8. The maximum absolute atomic E-state index is 12.8. The molecule has 0 radical (unpaired) electrons. The van der Waals surface area contributed by atoms with Gasteiger partial charge < -0.3 is 19.7 Å². The van der Waals surface area contributed by atoms with Crippen LogP contribution in [0.3, 0.4) is 0 Å². The van der Waals surface area contributed by atoms with Crippen molar-refractivity contribution in [2.45, 2.75) is 25.8 Å². The molecule has 3 N–H and O–H groups in total. The molecule has 2 aromatic heterocycles. The van der Waals surface area contributed by atoms with Crippen LogP contribution in [0.5, 0.6) is 11.8 Å². The lowest BCUT2D eigenvalue weighted by atomic mass is 10.1. The predicted molar refractivity (Wildman–Crippen MR) is 95.1 cm³/mol. The zero-order valence-corrected chi connectivity index (χ0v) is 15.6. The van der Waals surface area contributed by atoms with Crippen LogP contribution in [0.25, 0.3) is 6.08 Å². The van der Waals surface area contributed by atoms with Gasteiger partial charge >= 0.3 is 6.18 Å². The van der Waals surface area contributed by atoms with Crippen molar-refractivity contribution < 1.29 is 32.9 Å². The quantitative estimate of drug-likeness (QED) is 0.651. The number of nitrogens with one attached hydrogen (secondary N) is 1. The maximum atomic E-state index is 12.8. The topological polar surface area (TPSA) is 88.8 Å². The summed E-state index contributed by atoms with van der Waals surface area (Å²) in [4.78, 5) is 3.61. The molecule has 1 fully saturated rings. The molecule has 0 unspecified atom stereocenters. The Morgan fingerprint density at radius 2 is 1.89 bits per heavy atom. The van der Waals surface area contributed by atoms with Gasteiger partial charge in [-0.2, -0.15) is 17.8 Å². The molecule has 0 saturated carbocycles. The van der Waals surface area contributed by atoms with Gasteiger partial charge in [0, 0.05) is 11.1 Å². The van der Waals surface area contributed by atoms with Gasteiger partial charge in [0.1, 0.15) is 11.0 Å². The van der Waals surface area contributed by atoms with Gasteiger partial charge in [-0.25, -0.2) is 4.98 Å². The van der Waals surface area contributed by atoms with E-state index in [0.29, 0.717) is 18.8 Å². The fourth-order valence-corrected chi connectivity index (χ4v) is 2.93. The molecule has 1 aliphatic rings. The van der Waals surface area contributed by atoms with Crippen LogP contribution < -0.4 is 5.43 Å². The summed E-state index contributed by atoms with van der Waals surface area (Å²) in [5, 5.41) is 19.9. The average molecular weight is 420 g/mol. The number of hydrogen-bond donors (Lipinski definition) is 3. The van der Waals surface area contributed by atoms with Gasteiger partial charge in [-0.3, -0.25) is 5.43 Å². The zero-order chi connectivity index (χ0) is 20.7. The monoisotopic (exact) mass is 419 g/mol. The van der Waals surface area contributed by atoms with E-state index in [1.54, 1.807) is 19.9 Å². The molecule has 0 bridgehead atoms. The third-order valence-corrected chi connectivity index (χ3v) is 4.49. The van der Waals surface area contributed by atoms with E-state index in [4.69, 9.17) is 21.1 Å². The second-order valence-corrected chi connectivity index (χ2v) is 6.57. The van der Waals surface area contributed by atoms with Crippen molar-refractivity contribution in [3.63, 3.8) is 0 Å². The molecule has 0 aromatic carbocycles. The van der Waals surface area contributed by atoms with Crippen LogP contribution in [0.15, 0.2) is 18.2 Å². The molecule has 0 aliphatic carbocycles. The minimum Gasteiger partial charge on any atom is -0.493 e. The lowest BCUT2D eigenvalue weighted by Gasteiger charge is -2.17. The lowest BCUT2D eigenvalue weighted by Crippen LogP contribution is -2.21. The Labute approximate surface area is 162 Å². The molecule has 28 heavy (non-hydrogen) atoms. The highest BCUT2D eigenvalue weighted by Crippen LogP contribution is 2.37. The Balaban J connectivity index is 1.89. The molecule has 0 atom stereocenters. The van der Waals surface area contributed by atoms with E-state index in [-0.39, 0.29) is 23.1 Å². The molecule has 3 heterocycles. The standard InChI is InChI=1S/C17H17ClF3N3O4/c1-9-10(5-6-16(2)27-7-8-28-16)15(26)24(14(9)25)23-12-4-3-11(13(18)22-12)17(19,20)21/h3-6,25-26H,7-8H2,1-2H3,(H,22,23). The number of ether oxygens (including phenoxy) is 2. The number of alkyl halides is 3. The Morgan fingerprint density at radius 1 is 1.25 bits per heavy atom. The highest BCUT2D eigenvalue weighted by molar-refractivity contribution is 6.30. The van der Waals surface area contributed by atoms with Gasteiger partial charge in [-0.05, 0) is 38.1 Å². The molecule has 11 heteroatoms. The first kappa shape index (κ1) is 20.3. The molecule has 2 aromatic rings. The SMILES string of the molecule is Cc1c(C=CC2(C)OCCO2)c(O)n(Nc2ccc(C(F)(F)F)c(Cl)n2)c1O. The number of halogens is 4. The minimum absolute atomic E-state index is 0.108. The number of nitrogens with zero attached hydrogens (tertiary/aromatic N) is 2. The molecular formula is C17H17ClF3N3O4. The Kier molecular flexibility index (Phi) is 5.22. The summed E-state index contributed by atoms with van der Waals surface area (Å²) < 4.78 is 50.1. The largest absolute Gasteiger partial charge is 0.493 e. The number of anilines is 1. The summed E-state index contributed by atoms with van der Waals surface area (Å²) in [6.45, 7) is 4.12.